The number of anilines is 2. The first-order valence-corrected chi connectivity index (χ1v) is 7.64. The molecule has 0 spiro atoms. The molecule has 132 valence electrons. The van der Waals surface area contributed by atoms with E-state index in [2.05, 4.69) is 9.97 Å². The Kier molecular flexibility index (Phi) is 5.47. The van der Waals surface area contributed by atoms with Gasteiger partial charge in [-0.1, -0.05) is 6.07 Å². The molecular formula is C17H17F3N4O. The third-order valence-electron chi connectivity index (χ3n) is 3.24. The van der Waals surface area contributed by atoms with Crippen molar-refractivity contribution < 1.29 is 17.9 Å². The molecule has 1 aromatic heterocycles. The molecule has 0 N–H and O–H groups in total. The van der Waals surface area contributed by atoms with E-state index in [9.17, 15) is 13.2 Å². The van der Waals surface area contributed by atoms with Crippen molar-refractivity contribution in [2.45, 2.75) is 33.1 Å². The minimum Gasteiger partial charge on any atom is -0.474 e. The van der Waals surface area contributed by atoms with Crippen LogP contribution in [0.3, 0.4) is 0 Å². The maximum Gasteiger partial charge on any atom is 0.423 e. The fourth-order valence-corrected chi connectivity index (χ4v) is 2.18. The smallest absolute Gasteiger partial charge is 0.423 e. The highest BCUT2D eigenvalue weighted by Crippen LogP contribution is 2.36. The van der Waals surface area contributed by atoms with E-state index in [1.54, 1.807) is 43.0 Å². The molecule has 2 aromatic rings. The van der Waals surface area contributed by atoms with Crippen LogP contribution in [0.4, 0.5) is 24.8 Å². The van der Waals surface area contributed by atoms with E-state index in [-0.39, 0.29) is 5.95 Å². The van der Waals surface area contributed by atoms with Gasteiger partial charge in [0.1, 0.15) is 5.56 Å². The molecule has 0 aliphatic heterocycles. The number of nitriles is 1. The zero-order chi connectivity index (χ0) is 18.6. The first kappa shape index (κ1) is 18.5. The van der Waals surface area contributed by atoms with E-state index < -0.39 is 23.7 Å². The number of rotatable bonds is 5. The van der Waals surface area contributed by atoms with Crippen molar-refractivity contribution in [1.82, 2.24) is 9.97 Å². The molecule has 0 aliphatic rings. The SMILES string of the molecule is CCN(c1cccc(C#N)c1)c1ncc(C(F)(F)F)c(OC(C)C)n1. The molecule has 0 bridgehead atoms. The molecule has 0 unspecified atom stereocenters. The Morgan fingerprint density at radius 1 is 1.32 bits per heavy atom. The van der Waals surface area contributed by atoms with Gasteiger partial charge in [0.05, 0.1) is 17.7 Å². The summed E-state index contributed by atoms with van der Waals surface area (Å²) in [6, 6.07) is 8.70. The number of alkyl halides is 3. The molecule has 0 saturated carbocycles. The van der Waals surface area contributed by atoms with Crippen molar-refractivity contribution >= 4 is 11.6 Å². The molecule has 5 nitrogen and oxygen atoms in total. The Labute approximate surface area is 143 Å². The zero-order valence-corrected chi connectivity index (χ0v) is 14.0. The lowest BCUT2D eigenvalue weighted by Gasteiger charge is -2.23. The molecule has 1 heterocycles. The average Bonchev–Trinajstić information content (AvgIpc) is 2.54. The van der Waals surface area contributed by atoms with Gasteiger partial charge in [0.2, 0.25) is 11.8 Å². The fraction of sp³-hybridized carbons (Fsp3) is 0.353. The molecule has 0 fully saturated rings. The van der Waals surface area contributed by atoms with Crippen LogP contribution < -0.4 is 9.64 Å². The van der Waals surface area contributed by atoms with Gasteiger partial charge in [0.25, 0.3) is 0 Å². The van der Waals surface area contributed by atoms with Crippen LogP contribution in [0.25, 0.3) is 0 Å². The average molecular weight is 350 g/mol. The van der Waals surface area contributed by atoms with Gasteiger partial charge in [-0.25, -0.2) is 4.98 Å². The number of ether oxygens (including phenoxy) is 1. The number of hydrogen-bond acceptors (Lipinski definition) is 5. The number of hydrogen-bond donors (Lipinski definition) is 0. The number of nitrogens with zero attached hydrogens (tertiary/aromatic N) is 4. The molecular weight excluding hydrogens is 333 g/mol. The fourth-order valence-electron chi connectivity index (χ4n) is 2.18. The predicted octanol–water partition coefficient (Wildman–Crippen LogP) is 4.31. The first-order chi connectivity index (χ1) is 11.8. The molecule has 0 amide bonds. The highest BCUT2D eigenvalue weighted by atomic mass is 19.4. The van der Waals surface area contributed by atoms with Gasteiger partial charge in [-0.15, -0.1) is 0 Å². The van der Waals surface area contributed by atoms with Gasteiger partial charge >= 0.3 is 6.18 Å². The second-order valence-corrected chi connectivity index (χ2v) is 5.46. The lowest BCUT2D eigenvalue weighted by molar-refractivity contribution is -0.139. The van der Waals surface area contributed by atoms with Crippen molar-refractivity contribution in [1.29, 1.82) is 5.26 Å². The Balaban J connectivity index is 2.51. The molecule has 0 atom stereocenters. The standard InChI is InChI=1S/C17H17F3N4O/c1-4-24(13-7-5-6-12(8-13)9-21)16-22-10-14(17(18,19)20)15(23-16)25-11(2)3/h5-8,10-11H,4H2,1-3H3. The third-order valence-corrected chi connectivity index (χ3v) is 3.24. The molecule has 8 heteroatoms. The Bertz CT molecular complexity index is 784. The minimum absolute atomic E-state index is 0.0706. The van der Waals surface area contributed by atoms with E-state index >= 15 is 0 Å². The Morgan fingerprint density at radius 2 is 2.04 bits per heavy atom. The van der Waals surface area contributed by atoms with Crippen molar-refractivity contribution in [3.05, 3.63) is 41.6 Å². The van der Waals surface area contributed by atoms with Gasteiger partial charge in [-0.2, -0.15) is 23.4 Å². The van der Waals surface area contributed by atoms with Crippen molar-refractivity contribution in [3.8, 4) is 11.9 Å². The van der Waals surface area contributed by atoms with Crippen LogP contribution >= 0.6 is 0 Å². The first-order valence-electron chi connectivity index (χ1n) is 7.64. The summed E-state index contributed by atoms with van der Waals surface area (Å²) in [5, 5.41) is 9.01. The van der Waals surface area contributed by atoms with E-state index in [1.165, 1.54) is 0 Å². The van der Waals surface area contributed by atoms with Crippen molar-refractivity contribution in [2.75, 3.05) is 11.4 Å². The Hall–Kier alpha value is -2.82. The maximum absolute atomic E-state index is 13.1. The zero-order valence-electron chi connectivity index (χ0n) is 14.0. The molecule has 0 saturated heterocycles. The normalized spacial score (nSPS) is 11.3. The van der Waals surface area contributed by atoms with Crippen LogP contribution in [-0.4, -0.2) is 22.6 Å². The van der Waals surface area contributed by atoms with Crippen LogP contribution in [0.5, 0.6) is 5.88 Å². The van der Waals surface area contributed by atoms with Crippen LogP contribution in [0, 0.1) is 11.3 Å². The van der Waals surface area contributed by atoms with E-state index in [0.29, 0.717) is 17.8 Å². The second kappa shape index (κ2) is 7.38. The number of benzene rings is 1. The summed E-state index contributed by atoms with van der Waals surface area (Å²) in [6.45, 7) is 5.45. The van der Waals surface area contributed by atoms with Crippen LogP contribution in [0.1, 0.15) is 31.9 Å². The largest absolute Gasteiger partial charge is 0.474 e. The van der Waals surface area contributed by atoms with E-state index in [0.717, 1.165) is 6.20 Å². The van der Waals surface area contributed by atoms with Gasteiger partial charge in [0, 0.05) is 18.4 Å². The summed E-state index contributed by atoms with van der Waals surface area (Å²) < 4.78 is 44.6. The topological polar surface area (TPSA) is 62.0 Å². The summed E-state index contributed by atoms with van der Waals surface area (Å²) in [5.74, 6) is -0.441. The van der Waals surface area contributed by atoms with Gasteiger partial charge in [-0.3, -0.25) is 0 Å². The van der Waals surface area contributed by atoms with Crippen molar-refractivity contribution in [3.63, 3.8) is 0 Å². The van der Waals surface area contributed by atoms with Crippen LogP contribution in [0.2, 0.25) is 0 Å². The molecule has 25 heavy (non-hydrogen) atoms. The molecule has 1 aromatic carbocycles. The highest BCUT2D eigenvalue weighted by Gasteiger charge is 2.37. The lowest BCUT2D eigenvalue weighted by atomic mass is 10.2. The Morgan fingerprint density at radius 3 is 2.60 bits per heavy atom. The quantitative estimate of drug-likeness (QED) is 0.804. The summed E-state index contributed by atoms with van der Waals surface area (Å²) >= 11 is 0. The summed E-state index contributed by atoms with van der Waals surface area (Å²) in [5.41, 5.74) is 0.0186. The van der Waals surface area contributed by atoms with Gasteiger partial charge in [-0.05, 0) is 39.0 Å². The summed E-state index contributed by atoms with van der Waals surface area (Å²) in [6.07, 6.45) is -4.36. The number of aromatic nitrogens is 2. The van der Waals surface area contributed by atoms with E-state index in [4.69, 9.17) is 10.00 Å². The molecule has 0 radical (unpaired) electrons. The molecule has 0 aliphatic carbocycles. The minimum atomic E-state index is -4.61. The van der Waals surface area contributed by atoms with Crippen LogP contribution in [-0.2, 0) is 6.18 Å². The molecule has 2 rings (SSSR count). The number of halogens is 3. The monoisotopic (exact) mass is 350 g/mol. The maximum atomic E-state index is 13.1. The third kappa shape index (κ3) is 4.38. The summed E-state index contributed by atoms with van der Waals surface area (Å²) in [4.78, 5) is 9.43. The lowest BCUT2D eigenvalue weighted by Crippen LogP contribution is -2.21. The van der Waals surface area contributed by atoms with Gasteiger partial charge < -0.3 is 9.64 Å². The van der Waals surface area contributed by atoms with Crippen molar-refractivity contribution in [2.24, 2.45) is 0 Å². The van der Waals surface area contributed by atoms with Crippen LogP contribution in [0.15, 0.2) is 30.5 Å². The predicted molar refractivity (Wildman–Crippen MR) is 86.6 cm³/mol. The summed E-state index contributed by atoms with van der Waals surface area (Å²) in [7, 11) is 0. The second-order valence-electron chi connectivity index (χ2n) is 5.46. The van der Waals surface area contributed by atoms with E-state index in [1.807, 2.05) is 13.0 Å². The van der Waals surface area contributed by atoms with Gasteiger partial charge in [0.15, 0.2) is 0 Å². The highest BCUT2D eigenvalue weighted by molar-refractivity contribution is 5.60.